The average molecular weight is 429 g/mol. The van der Waals surface area contributed by atoms with Crippen molar-refractivity contribution in [3.05, 3.63) is 44.8 Å². The largest absolute Gasteiger partial charge is 0.491 e. The summed E-state index contributed by atoms with van der Waals surface area (Å²) in [5.74, 6) is 0.544. The highest BCUT2D eigenvalue weighted by molar-refractivity contribution is 7.14. The highest BCUT2D eigenvalue weighted by Gasteiger charge is 2.28. The molecule has 3 N–H and O–H groups in total. The molecule has 1 unspecified atom stereocenters. The lowest BCUT2D eigenvalue weighted by Gasteiger charge is -2.27. The first kappa shape index (κ1) is 20.4. The number of halogens is 2. The van der Waals surface area contributed by atoms with Gasteiger partial charge >= 0.3 is 0 Å². The average Bonchev–Trinajstić information content (AvgIpc) is 3.14. The number of benzene rings is 1. The Bertz CT molecular complexity index is 839. The molecule has 0 radical (unpaired) electrons. The topological polar surface area (TPSA) is 74.3 Å². The predicted octanol–water partition coefficient (Wildman–Crippen LogP) is 4.06. The normalized spacial score (nSPS) is 16.5. The molecule has 0 saturated carbocycles. The summed E-state index contributed by atoms with van der Waals surface area (Å²) in [6.07, 6.45) is -0.898. The van der Waals surface area contributed by atoms with Crippen molar-refractivity contribution in [2.24, 2.45) is 10.7 Å². The number of likely N-dealkylation sites (N-methyl/N-ethyl adjacent to an activating group) is 1. The maximum absolute atomic E-state index is 10.1. The molecule has 1 atom stereocenters. The number of nitrogens with two attached hydrogens (primary N) is 1. The van der Waals surface area contributed by atoms with E-state index < -0.39 is 6.29 Å². The number of ether oxygens (including phenoxy) is 1. The Kier molecular flexibility index (Phi) is 6.62. The molecule has 2 aromatic rings. The number of nitrogens with zero attached hydrogens (tertiary/aromatic N) is 3. The molecule has 0 fully saturated rings. The molecule has 27 heavy (non-hydrogen) atoms. The van der Waals surface area contributed by atoms with Crippen LogP contribution in [-0.4, -0.2) is 48.3 Å². The standard InChI is InChI=1S/C18H22Cl2N4O2S/c1-3-23(4-2)6-7-26-15-9-12(13(19)10-14(15)20)16-11-5-8-27-17(11)24(25)18(21)22-16/h5,8-10,18,25H,3-4,6-7,21H2,1-2H3. The quantitative estimate of drug-likeness (QED) is 0.694. The highest BCUT2D eigenvalue weighted by Crippen LogP contribution is 2.38. The van der Waals surface area contributed by atoms with Crippen LogP contribution in [0.4, 0.5) is 5.00 Å². The fourth-order valence-electron chi connectivity index (χ4n) is 2.90. The smallest absolute Gasteiger partial charge is 0.198 e. The van der Waals surface area contributed by atoms with E-state index in [9.17, 15) is 5.21 Å². The van der Waals surface area contributed by atoms with E-state index in [2.05, 4.69) is 23.7 Å². The molecular weight excluding hydrogens is 407 g/mol. The fourth-order valence-corrected chi connectivity index (χ4v) is 4.26. The molecule has 0 aliphatic carbocycles. The van der Waals surface area contributed by atoms with E-state index >= 15 is 0 Å². The Morgan fingerprint density at radius 2 is 2.00 bits per heavy atom. The number of hydroxylamine groups is 1. The van der Waals surface area contributed by atoms with Gasteiger partial charge in [0.05, 0.1) is 15.8 Å². The lowest BCUT2D eigenvalue weighted by molar-refractivity contribution is 0.221. The lowest BCUT2D eigenvalue weighted by Crippen LogP contribution is -2.42. The molecule has 2 heterocycles. The molecule has 0 amide bonds. The molecule has 146 valence electrons. The zero-order chi connectivity index (χ0) is 19.6. The van der Waals surface area contributed by atoms with Crippen LogP contribution in [0.3, 0.4) is 0 Å². The molecular formula is C18H22Cl2N4O2S. The van der Waals surface area contributed by atoms with Gasteiger partial charge in [0.1, 0.15) is 17.4 Å². The third kappa shape index (κ3) is 4.23. The van der Waals surface area contributed by atoms with Crippen molar-refractivity contribution in [1.29, 1.82) is 0 Å². The highest BCUT2D eigenvalue weighted by atomic mass is 35.5. The van der Waals surface area contributed by atoms with Gasteiger partial charge in [0.25, 0.3) is 0 Å². The van der Waals surface area contributed by atoms with Gasteiger partial charge in [-0.25, -0.2) is 10.1 Å². The van der Waals surface area contributed by atoms with Gasteiger partial charge in [-0.2, -0.15) is 0 Å². The number of aliphatic imine (C=N–C) groups is 1. The molecule has 3 rings (SSSR count). The molecule has 6 nitrogen and oxygen atoms in total. The summed E-state index contributed by atoms with van der Waals surface area (Å²) in [6, 6.07) is 5.31. The van der Waals surface area contributed by atoms with Gasteiger partial charge in [-0.05, 0) is 36.7 Å². The van der Waals surface area contributed by atoms with Crippen molar-refractivity contribution < 1.29 is 9.94 Å². The van der Waals surface area contributed by atoms with Crippen molar-refractivity contribution in [3.8, 4) is 5.75 Å². The summed E-state index contributed by atoms with van der Waals surface area (Å²) in [5.41, 5.74) is 7.98. The Balaban J connectivity index is 1.90. The first-order valence-electron chi connectivity index (χ1n) is 8.70. The molecule has 0 saturated heterocycles. The van der Waals surface area contributed by atoms with Gasteiger partial charge in [0.2, 0.25) is 0 Å². The SMILES string of the molecule is CCN(CC)CCOc1cc(C2=NC(N)N(O)c3sccc32)c(Cl)cc1Cl. The number of rotatable bonds is 7. The van der Waals surface area contributed by atoms with E-state index in [0.29, 0.717) is 38.7 Å². The molecule has 1 aliphatic heterocycles. The van der Waals surface area contributed by atoms with Gasteiger partial charge in [-0.1, -0.05) is 37.0 Å². The third-order valence-electron chi connectivity index (χ3n) is 4.46. The monoisotopic (exact) mass is 428 g/mol. The van der Waals surface area contributed by atoms with Crippen LogP contribution < -0.4 is 15.5 Å². The molecule has 1 aliphatic rings. The summed E-state index contributed by atoms with van der Waals surface area (Å²) in [5, 5.41) is 14.4. The summed E-state index contributed by atoms with van der Waals surface area (Å²) in [4.78, 5) is 6.67. The van der Waals surface area contributed by atoms with Crippen molar-refractivity contribution in [2.45, 2.75) is 20.1 Å². The van der Waals surface area contributed by atoms with Crippen molar-refractivity contribution in [3.63, 3.8) is 0 Å². The van der Waals surface area contributed by atoms with Gasteiger partial charge in [0.15, 0.2) is 6.29 Å². The minimum atomic E-state index is -0.898. The van der Waals surface area contributed by atoms with Gasteiger partial charge < -0.3 is 9.64 Å². The minimum Gasteiger partial charge on any atom is -0.491 e. The van der Waals surface area contributed by atoms with Crippen LogP contribution in [0, 0.1) is 0 Å². The zero-order valence-electron chi connectivity index (χ0n) is 15.2. The van der Waals surface area contributed by atoms with Crippen LogP contribution in [0.1, 0.15) is 25.0 Å². The molecule has 1 aromatic carbocycles. The van der Waals surface area contributed by atoms with E-state index in [1.807, 2.05) is 11.4 Å². The number of fused-ring (bicyclic) bond motifs is 1. The third-order valence-corrected chi connectivity index (χ3v) is 5.97. The van der Waals surface area contributed by atoms with Gasteiger partial charge in [-0.3, -0.25) is 10.9 Å². The maximum atomic E-state index is 10.1. The zero-order valence-corrected chi connectivity index (χ0v) is 17.5. The number of anilines is 1. The Labute approximate surface area is 172 Å². The summed E-state index contributed by atoms with van der Waals surface area (Å²) in [6.45, 7) is 7.48. The second-order valence-electron chi connectivity index (χ2n) is 6.01. The number of thiophene rings is 1. The summed E-state index contributed by atoms with van der Waals surface area (Å²) < 4.78 is 5.90. The van der Waals surface area contributed by atoms with Crippen molar-refractivity contribution >= 4 is 45.3 Å². The first-order chi connectivity index (χ1) is 13.0. The van der Waals surface area contributed by atoms with E-state index in [1.165, 1.54) is 11.3 Å². The van der Waals surface area contributed by atoms with Crippen LogP contribution in [0.15, 0.2) is 28.6 Å². The predicted molar refractivity (Wildman–Crippen MR) is 112 cm³/mol. The van der Waals surface area contributed by atoms with Crippen LogP contribution in [0.2, 0.25) is 10.0 Å². The molecule has 9 heteroatoms. The van der Waals surface area contributed by atoms with Crippen LogP contribution >= 0.6 is 34.5 Å². The minimum absolute atomic E-state index is 0.443. The molecule has 0 bridgehead atoms. The summed E-state index contributed by atoms with van der Waals surface area (Å²) in [7, 11) is 0. The van der Waals surface area contributed by atoms with Crippen LogP contribution in [-0.2, 0) is 0 Å². The van der Waals surface area contributed by atoms with Gasteiger partial charge in [-0.15, -0.1) is 11.3 Å². The Morgan fingerprint density at radius 1 is 1.26 bits per heavy atom. The van der Waals surface area contributed by atoms with Crippen LogP contribution in [0.25, 0.3) is 0 Å². The van der Waals surface area contributed by atoms with E-state index in [-0.39, 0.29) is 0 Å². The second-order valence-corrected chi connectivity index (χ2v) is 7.72. The number of hydrogen-bond acceptors (Lipinski definition) is 7. The maximum Gasteiger partial charge on any atom is 0.198 e. The molecule has 1 aromatic heterocycles. The first-order valence-corrected chi connectivity index (χ1v) is 10.3. The van der Waals surface area contributed by atoms with Gasteiger partial charge in [0, 0.05) is 17.7 Å². The van der Waals surface area contributed by atoms with Crippen molar-refractivity contribution in [2.75, 3.05) is 31.3 Å². The Hall–Kier alpha value is -1.35. The van der Waals surface area contributed by atoms with Crippen molar-refractivity contribution in [1.82, 2.24) is 4.90 Å². The molecule has 0 spiro atoms. The second kappa shape index (κ2) is 8.77. The summed E-state index contributed by atoms with van der Waals surface area (Å²) >= 11 is 14.1. The van der Waals surface area contributed by atoms with Crippen LogP contribution in [0.5, 0.6) is 5.75 Å². The Morgan fingerprint density at radius 3 is 2.70 bits per heavy atom. The van der Waals surface area contributed by atoms with E-state index in [4.69, 9.17) is 33.7 Å². The van der Waals surface area contributed by atoms with E-state index in [0.717, 1.165) is 30.3 Å². The number of hydrogen-bond donors (Lipinski definition) is 2. The fraction of sp³-hybridized carbons (Fsp3) is 0.389. The lowest BCUT2D eigenvalue weighted by atomic mass is 10.0. The van der Waals surface area contributed by atoms with E-state index in [1.54, 1.807) is 12.1 Å².